The minimum atomic E-state index is -1.69. The molecule has 3 rings (SSSR count). The van der Waals surface area contributed by atoms with Crippen molar-refractivity contribution in [2.75, 3.05) is 31.6 Å². The number of hydrogen-bond donors (Lipinski definition) is 11. The Hall–Kier alpha value is -4.64. The van der Waals surface area contributed by atoms with Crippen LogP contribution in [-0.2, 0) is 44.7 Å². The summed E-state index contributed by atoms with van der Waals surface area (Å²) in [4.78, 5) is 77.6. The normalized spacial score (nSPS) is 21.1. The molecule has 0 aromatic heterocycles. The summed E-state index contributed by atoms with van der Waals surface area (Å²) < 4.78 is 11.3. The standard InChI is InChI=1S/C39H56Cl2N8O12/c1-19(60-35-33(46-22(4)51)39(59)61-29(18-50)34(35)55)17-49(31(54)13-12-28(36(43)56)48-37(57)20(2)42)21(3)38(58)45-16-24(52)15-44-30(53)14-23-8-5-6-11-27(23)47-32-25(40)9-7-10-26(32)41/h5-11,19-21,24,28-29,33-35,39,47,50,52,55,59H,12-18,42H2,1-4H3,(H2,43,56)(H,44,53)(H,45,58)(H,46,51)(H,48,57)/t19?,20-,21-,24?,28+,29+,33+,34+,35+,39-/m0/s1. The SMILES string of the molecule is CC(=O)N[C@@H]1[C@@H](OC(C)CN(C(=O)CC[C@@H](NC(=O)[C@H](C)N)C(N)=O)[C@@H](C)C(=O)NCC(O)CNC(=O)Cc2ccccc2Nc2c(Cl)cccc2Cl)[C@H](O)[C@@H](CO)O[C@@H]1O. The van der Waals surface area contributed by atoms with Gasteiger partial charge in [-0.3, -0.25) is 28.8 Å². The van der Waals surface area contributed by atoms with Crippen LogP contribution in [-0.4, -0.2) is 148 Å². The summed E-state index contributed by atoms with van der Waals surface area (Å²) in [7, 11) is 0. The van der Waals surface area contributed by atoms with Gasteiger partial charge < -0.3 is 72.9 Å². The van der Waals surface area contributed by atoms with Gasteiger partial charge in [-0.05, 0) is 51.0 Å². The number of para-hydroxylation sites is 2. The van der Waals surface area contributed by atoms with Gasteiger partial charge in [0.1, 0.15) is 36.4 Å². The molecule has 22 heteroatoms. The number of primary amides is 1. The number of amides is 6. The van der Waals surface area contributed by atoms with Crippen molar-refractivity contribution in [3.05, 3.63) is 58.1 Å². The molecule has 0 radical (unpaired) electrons. The van der Waals surface area contributed by atoms with Gasteiger partial charge in [-0.1, -0.05) is 47.5 Å². The van der Waals surface area contributed by atoms with Crippen LogP contribution in [0.25, 0.3) is 0 Å². The fourth-order valence-corrected chi connectivity index (χ4v) is 6.79. The lowest BCUT2D eigenvalue weighted by molar-refractivity contribution is -0.268. The monoisotopic (exact) mass is 898 g/mol. The Balaban J connectivity index is 1.70. The van der Waals surface area contributed by atoms with Crippen molar-refractivity contribution in [1.82, 2.24) is 26.2 Å². The molecule has 0 spiro atoms. The fourth-order valence-electron chi connectivity index (χ4n) is 6.29. The second-order valence-electron chi connectivity index (χ2n) is 14.6. The zero-order valence-corrected chi connectivity index (χ0v) is 35.7. The molecule has 1 heterocycles. The first-order valence-electron chi connectivity index (χ1n) is 19.4. The van der Waals surface area contributed by atoms with Crippen LogP contribution in [0.5, 0.6) is 0 Å². The number of halogens is 2. The number of ether oxygens (including phenoxy) is 2. The van der Waals surface area contributed by atoms with E-state index in [9.17, 15) is 49.2 Å². The zero-order chi connectivity index (χ0) is 45.6. The molecule has 0 aliphatic carbocycles. The molecule has 338 valence electrons. The molecular formula is C39H56Cl2N8O12. The van der Waals surface area contributed by atoms with Gasteiger partial charge in [-0.15, -0.1) is 0 Å². The first-order chi connectivity index (χ1) is 28.7. The summed E-state index contributed by atoms with van der Waals surface area (Å²) >= 11 is 12.6. The van der Waals surface area contributed by atoms with Crippen molar-refractivity contribution in [3.63, 3.8) is 0 Å². The first kappa shape index (κ1) is 50.7. The Bertz CT molecular complexity index is 1820. The van der Waals surface area contributed by atoms with E-state index >= 15 is 0 Å². The van der Waals surface area contributed by atoms with Crippen LogP contribution in [0.1, 0.15) is 46.1 Å². The van der Waals surface area contributed by atoms with E-state index in [0.717, 1.165) is 11.8 Å². The van der Waals surface area contributed by atoms with E-state index in [1.165, 1.54) is 20.8 Å². The van der Waals surface area contributed by atoms with E-state index in [-0.39, 0.29) is 32.5 Å². The Kier molecular flexibility index (Phi) is 20.1. The number of nitrogens with two attached hydrogens (primary N) is 2. The first-order valence-corrected chi connectivity index (χ1v) is 20.2. The van der Waals surface area contributed by atoms with E-state index in [1.54, 1.807) is 42.5 Å². The van der Waals surface area contributed by atoms with Crippen molar-refractivity contribution in [2.24, 2.45) is 11.5 Å². The third kappa shape index (κ3) is 15.3. The molecule has 1 aliphatic rings. The Labute approximate surface area is 363 Å². The summed E-state index contributed by atoms with van der Waals surface area (Å²) in [5, 5.41) is 55.8. The highest BCUT2D eigenvalue weighted by atomic mass is 35.5. The average molecular weight is 900 g/mol. The van der Waals surface area contributed by atoms with Gasteiger partial charge in [0, 0.05) is 38.7 Å². The number of carbonyl (C=O) groups is 6. The highest BCUT2D eigenvalue weighted by Crippen LogP contribution is 2.33. The number of aliphatic hydroxyl groups excluding tert-OH is 4. The third-order valence-electron chi connectivity index (χ3n) is 9.61. The lowest BCUT2D eigenvalue weighted by atomic mass is 9.96. The second-order valence-corrected chi connectivity index (χ2v) is 15.5. The summed E-state index contributed by atoms with van der Waals surface area (Å²) in [6.45, 7) is 3.78. The van der Waals surface area contributed by atoms with Gasteiger partial charge in [-0.2, -0.15) is 0 Å². The van der Waals surface area contributed by atoms with Gasteiger partial charge in [0.25, 0.3) is 0 Å². The Morgan fingerprint density at radius 1 is 0.951 bits per heavy atom. The second kappa shape index (κ2) is 24.1. The van der Waals surface area contributed by atoms with Gasteiger partial charge in [0.2, 0.25) is 35.4 Å². The number of benzene rings is 2. The summed E-state index contributed by atoms with van der Waals surface area (Å²) in [5.74, 6) is -4.09. The van der Waals surface area contributed by atoms with Crippen LogP contribution < -0.4 is 38.1 Å². The van der Waals surface area contributed by atoms with Crippen LogP contribution in [0.3, 0.4) is 0 Å². The van der Waals surface area contributed by atoms with Crippen LogP contribution in [0.4, 0.5) is 11.4 Å². The minimum absolute atomic E-state index is 0.0830. The maximum Gasteiger partial charge on any atom is 0.242 e. The van der Waals surface area contributed by atoms with Gasteiger partial charge >= 0.3 is 0 Å². The molecule has 20 nitrogen and oxygen atoms in total. The molecule has 10 atom stereocenters. The van der Waals surface area contributed by atoms with E-state index < -0.39 is 109 Å². The summed E-state index contributed by atoms with van der Waals surface area (Å²) in [5.41, 5.74) is 12.7. The molecule has 0 saturated carbocycles. The highest BCUT2D eigenvalue weighted by Gasteiger charge is 2.46. The topological polar surface area (TPSA) is 317 Å². The van der Waals surface area contributed by atoms with Crippen LogP contribution in [0, 0.1) is 0 Å². The van der Waals surface area contributed by atoms with Crippen LogP contribution >= 0.6 is 23.2 Å². The predicted octanol–water partition coefficient (Wildman–Crippen LogP) is -1.46. The van der Waals surface area contributed by atoms with Crippen LogP contribution in [0.2, 0.25) is 10.0 Å². The van der Waals surface area contributed by atoms with Crippen molar-refractivity contribution in [2.45, 2.75) is 108 Å². The number of hydrogen-bond acceptors (Lipinski definition) is 14. The van der Waals surface area contributed by atoms with Gasteiger partial charge in [0.15, 0.2) is 6.29 Å². The third-order valence-corrected chi connectivity index (χ3v) is 10.2. The van der Waals surface area contributed by atoms with Crippen molar-refractivity contribution >= 4 is 70.0 Å². The molecule has 2 aromatic carbocycles. The number of carbonyl (C=O) groups excluding carboxylic acids is 6. The zero-order valence-electron chi connectivity index (χ0n) is 34.2. The molecule has 1 aliphatic heterocycles. The van der Waals surface area contributed by atoms with Crippen LogP contribution in [0.15, 0.2) is 42.5 Å². The maximum atomic E-state index is 13.8. The van der Waals surface area contributed by atoms with E-state index in [4.69, 9.17) is 44.1 Å². The van der Waals surface area contributed by atoms with Crippen molar-refractivity contribution in [3.8, 4) is 0 Å². The average Bonchev–Trinajstić information content (AvgIpc) is 3.20. The molecule has 6 amide bonds. The largest absolute Gasteiger partial charge is 0.394 e. The highest BCUT2D eigenvalue weighted by molar-refractivity contribution is 6.39. The Morgan fingerprint density at radius 2 is 1.59 bits per heavy atom. The molecule has 61 heavy (non-hydrogen) atoms. The molecule has 13 N–H and O–H groups in total. The maximum absolute atomic E-state index is 13.8. The fraction of sp³-hybridized carbons (Fsp3) is 0.538. The number of aliphatic hydroxyl groups is 4. The van der Waals surface area contributed by atoms with Gasteiger partial charge in [0.05, 0.1) is 47.0 Å². The number of nitrogens with zero attached hydrogens (tertiary/aromatic N) is 1. The molecule has 0 bridgehead atoms. The van der Waals surface area contributed by atoms with E-state index in [2.05, 4.69) is 26.6 Å². The summed E-state index contributed by atoms with van der Waals surface area (Å²) in [6.07, 6.45) is -8.94. The number of rotatable bonds is 22. The predicted molar refractivity (Wildman–Crippen MR) is 223 cm³/mol. The lowest BCUT2D eigenvalue weighted by Gasteiger charge is -2.44. The Morgan fingerprint density at radius 3 is 2.20 bits per heavy atom. The number of anilines is 2. The molecular weight excluding hydrogens is 843 g/mol. The van der Waals surface area contributed by atoms with Crippen molar-refractivity contribution < 1.29 is 58.7 Å². The quantitative estimate of drug-likeness (QED) is 0.0644. The molecule has 2 unspecified atom stereocenters. The molecule has 1 saturated heterocycles. The smallest absolute Gasteiger partial charge is 0.242 e. The molecule has 1 fully saturated rings. The van der Waals surface area contributed by atoms with Gasteiger partial charge in [-0.25, -0.2) is 0 Å². The number of nitrogens with one attached hydrogen (secondary N) is 5. The lowest BCUT2D eigenvalue weighted by Crippen LogP contribution is -2.65. The van der Waals surface area contributed by atoms with Crippen molar-refractivity contribution in [1.29, 1.82) is 0 Å². The van der Waals surface area contributed by atoms with E-state index in [0.29, 0.717) is 27.0 Å². The summed E-state index contributed by atoms with van der Waals surface area (Å²) in [6, 6.07) is 7.20. The minimum Gasteiger partial charge on any atom is -0.394 e. The molecule has 2 aromatic rings. The van der Waals surface area contributed by atoms with E-state index in [1.807, 2.05) is 0 Å².